The molecule has 0 spiro atoms. The van der Waals surface area contributed by atoms with Crippen molar-refractivity contribution in [2.24, 2.45) is 0 Å². The topological polar surface area (TPSA) is 93.4 Å². The van der Waals surface area contributed by atoms with E-state index in [1.807, 2.05) is 32.0 Å². The zero-order chi connectivity index (χ0) is 24.7. The molecule has 0 unspecified atom stereocenters. The predicted molar refractivity (Wildman–Crippen MR) is 133 cm³/mol. The fourth-order valence-corrected chi connectivity index (χ4v) is 5.00. The molecule has 0 radical (unpaired) electrons. The highest BCUT2D eigenvalue weighted by Gasteiger charge is 2.44. The van der Waals surface area contributed by atoms with Gasteiger partial charge in [-0.1, -0.05) is 11.6 Å². The molecule has 176 valence electrons. The number of carbonyl (C=O) groups is 2. The average molecular weight is 487 g/mol. The highest BCUT2D eigenvalue weighted by Crippen LogP contribution is 2.43. The van der Waals surface area contributed by atoms with E-state index in [1.54, 1.807) is 40.4 Å². The predicted octanol–water partition coefficient (Wildman–Crippen LogP) is 3.86. The molecule has 5 rings (SSSR count). The van der Waals surface area contributed by atoms with Crippen LogP contribution in [0.5, 0.6) is 0 Å². The molecule has 4 heterocycles. The summed E-state index contributed by atoms with van der Waals surface area (Å²) >= 11 is 6.21. The normalized spacial score (nSPS) is 16.7. The van der Waals surface area contributed by atoms with Crippen LogP contribution in [0.1, 0.15) is 45.7 Å². The molecule has 9 heteroatoms. The number of halogens is 1. The van der Waals surface area contributed by atoms with Crippen LogP contribution in [0.3, 0.4) is 0 Å². The number of carbonyl (C=O) groups excluding carboxylic acids is 2. The lowest BCUT2D eigenvalue weighted by Gasteiger charge is -2.37. The van der Waals surface area contributed by atoms with Crippen molar-refractivity contribution in [3.05, 3.63) is 82.4 Å². The first-order valence-corrected chi connectivity index (χ1v) is 11.7. The Labute approximate surface area is 208 Å². The Bertz CT molecular complexity index is 1370. The summed E-state index contributed by atoms with van der Waals surface area (Å²) in [6.07, 6.45) is 6.40. The van der Waals surface area contributed by atoms with Crippen molar-refractivity contribution in [2.45, 2.75) is 19.4 Å². The number of nitriles is 1. The Morgan fingerprint density at radius 3 is 2.46 bits per heavy atom. The standard InChI is InChI=1S/C26H23ClN6O2/c1-26(2)23-10-19(27)3-4-22(23)25(35)33(26)21-11-20(15-30-16-21)31-5-7-32(8-6-31)24(34)18-9-17(12-28)13-29-14-18/h3-4,9-11,13-16H,5-8H2,1-2H3. The quantitative estimate of drug-likeness (QED) is 0.558. The van der Waals surface area contributed by atoms with E-state index in [9.17, 15) is 9.59 Å². The largest absolute Gasteiger partial charge is 0.367 e. The first-order chi connectivity index (χ1) is 16.8. The van der Waals surface area contributed by atoms with Gasteiger partial charge in [-0.25, -0.2) is 0 Å². The highest BCUT2D eigenvalue weighted by atomic mass is 35.5. The fraction of sp³-hybridized carbons (Fsp3) is 0.269. The minimum absolute atomic E-state index is 0.0794. The number of aromatic nitrogens is 2. The van der Waals surface area contributed by atoms with Crippen LogP contribution in [0.25, 0.3) is 0 Å². The first-order valence-electron chi connectivity index (χ1n) is 11.3. The number of pyridine rings is 2. The first kappa shape index (κ1) is 22.8. The van der Waals surface area contributed by atoms with Crippen LogP contribution in [0.2, 0.25) is 5.02 Å². The molecule has 0 bridgehead atoms. The molecule has 2 aliphatic heterocycles. The SMILES string of the molecule is CC1(C)c2cc(Cl)ccc2C(=O)N1c1cncc(N2CCN(C(=O)c3cncc(C#N)c3)CC2)c1. The van der Waals surface area contributed by atoms with Crippen molar-refractivity contribution in [1.29, 1.82) is 5.26 Å². The Morgan fingerprint density at radius 2 is 1.71 bits per heavy atom. The molecule has 8 nitrogen and oxygen atoms in total. The number of nitrogens with zero attached hydrogens (tertiary/aromatic N) is 6. The van der Waals surface area contributed by atoms with Crippen LogP contribution in [-0.2, 0) is 5.54 Å². The van der Waals surface area contributed by atoms with E-state index < -0.39 is 5.54 Å². The molecule has 3 aromatic rings. The fourth-order valence-electron chi connectivity index (χ4n) is 4.82. The third kappa shape index (κ3) is 3.98. The number of piperazine rings is 1. The second kappa shape index (κ2) is 8.67. The van der Waals surface area contributed by atoms with Crippen molar-refractivity contribution < 1.29 is 9.59 Å². The van der Waals surface area contributed by atoms with Gasteiger partial charge < -0.3 is 9.80 Å². The lowest BCUT2D eigenvalue weighted by atomic mass is 9.93. The van der Waals surface area contributed by atoms with Crippen LogP contribution in [0.4, 0.5) is 11.4 Å². The van der Waals surface area contributed by atoms with E-state index in [1.165, 1.54) is 12.4 Å². The molecule has 2 amide bonds. The smallest absolute Gasteiger partial charge is 0.259 e. The molecule has 0 atom stereocenters. The molecular formula is C26H23ClN6O2. The van der Waals surface area contributed by atoms with Crippen molar-refractivity contribution in [2.75, 3.05) is 36.0 Å². The zero-order valence-corrected chi connectivity index (χ0v) is 20.2. The number of rotatable bonds is 3. The number of amides is 2. The van der Waals surface area contributed by atoms with Crippen molar-refractivity contribution in [3.63, 3.8) is 0 Å². The van der Waals surface area contributed by atoms with Crippen molar-refractivity contribution in [1.82, 2.24) is 14.9 Å². The van der Waals surface area contributed by atoms with Gasteiger partial charge in [-0.2, -0.15) is 5.26 Å². The number of fused-ring (bicyclic) bond motifs is 1. The molecule has 0 aliphatic carbocycles. The Morgan fingerprint density at radius 1 is 1.00 bits per heavy atom. The molecule has 2 aromatic heterocycles. The van der Waals surface area contributed by atoms with E-state index in [0.717, 1.165) is 11.3 Å². The van der Waals surface area contributed by atoms with E-state index in [2.05, 4.69) is 14.9 Å². The minimum Gasteiger partial charge on any atom is -0.367 e. The maximum Gasteiger partial charge on any atom is 0.259 e. The third-order valence-corrected chi connectivity index (χ3v) is 6.88. The Hall–Kier alpha value is -3.96. The second-order valence-corrected chi connectivity index (χ2v) is 9.58. The molecule has 1 fully saturated rings. The molecule has 35 heavy (non-hydrogen) atoms. The summed E-state index contributed by atoms with van der Waals surface area (Å²) in [5.74, 6) is -0.216. The van der Waals surface area contributed by atoms with Crippen LogP contribution in [-0.4, -0.2) is 52.9 Å². The maximum absolute atomic E-state index is 13.3. The third-order valence-electron chi connectivity index (χ3n) is 6.65. The van der Waals surface area contributed by atoms with Gasteiger partial charge in [-0.15, -0.1) is 0 Å². The molecule has 0 saturated carbocycles. The monoisotopic (exact) mass is 486 g/mol. The van der Waals surface area contributed by atoms with E-state index >= 15 is 0 Å². The summed E-state index contributed by atoms with van der Waals surface area (Å²) in [6.45, 7) is 6.29. The van der Waals surface area contributed by atoms with Crippen LogP contribution in [0, 0.1) is 11.3 Å². The van der Waals surface area contributed by atoms with Gasteiger partial charge in [-0.3, -0.25) is 24.5 Å². The maximum atomic E-state index is 13.3. The number of anilines is 2. The van der Waals surface area contributed by atoms with Gasteiger partial charge >= 0.3 is 0 Å². The molecule has 0 N–H and O–H groups in total. The van der Waals surface area contributed by atoms with Gasteiger partial charge in [0, 0.05) is 49.2 Å². The van der Waals surface area contributed by atoms with Crippen molar-refractivity contribution >= 4 is 34.8 Å². The summed E-state index contributed by atoms with van der Waals surface area (Å²) in [7, 11) is 0. The lowest BCUT2D eigenvalue weighted by Crippen LogP contribution is -2.49. The van der Waals surface area contributed by atoms with Crippen LogP contribution in [0.15, 0.2) is 55.1 Å². The number of hydrogen-bond acceptors (Lipinski definition) is 6. The van der Waals surface area contributed by atoms with E-state index in [4.69, 9.17) is 16.9 Å². The van der Waals surface area contributed by atoms with E-state index in [0.29, 0.717) is 53.6 Å². The Balaban J connectivity index is 1.33. The Kier molecular flexibility index (Phi) is 5.65. The summed E-state index contributed by atoms with van der Waals surface area (Å²) in [6, 6.07) is 10.9. The molecular weight excluding hydrogens is 464 g/mol. The molecule has 1 aromatic carbocycles. The summed E-state index contributed by atoms with van der Waals surface area (Å²) < 4.78 is 0. The summed E-state index contributed by atoms with van der Waals surface area (Å²) in [4.78, 5) is 40.2. The van der Waals surface area contributed by atoms with Crippen molar-refractivity contribution in [3.8, 4) is 6.07 Å². The lowest BCUT2D eigenvalue weighted by molar-refractivity contribution is 0.0746. The molecule has 1 saturated heterocycles. The summed E-state index contributed by atoms with van der Waals surface area (Å²) in [5, 5.41) is 9.67. The summed E-state index contributed by atoms with van der Waals surface area (Å²) in [5.41, 5.74) is 3.34. The highest BCUT2D eigenvalue weighted by molar-refractivity contribution is 6.31. The van der Waals surface area contributed by atoms with Gasteiger partial charge in [0.05, 0.1) is 40.4 Å². The van der Waals surface area contributed by atoms with Gasteiger partial charge in [0.15, 0.2) is 0 Å². The van der Waals surface area contributed by atoms with Gasteiger partial charge in [0.25, 0.3) is 11.8 Å². The number of benzene rings is 1. The van der Waals surface area contributed by atoms with Gasteiger partial charge in [0.1, 0.15) is 6.07 Å². The average Bonchev–Trinajstić information content (AvgIpc) is 3.08. The van der Waals surface area contributed by atoms with Crippen LogP contribution < -0.4 is 9.80 Å². The minimum atomic E-state index is -0.575. The van der Waals surface area contributed by atoms with Gasteiger partial charge in [0.2, 0.25) is 0 Å². The number of hydrogen-bond donors (Lipinski definition) is 0. The second-order valence-electron chi connectivity index (χ2n) is 9.14. The van der Waals surface area contributed by atoms with Crippen LogP contribution >= 0.6 is 11.6 Å². The molecule has 2 aliphatic rings. The van der Waals surface area contributed by atoms with Gasteiger partial charge in [-0.05, 0) is 49.7 Å². The zero-order valence-electron chi connectivity index (χ0n) is 19.4. The van der Waals surface area contributed by atoms with E-state index in [-0.39, 0.29) is 11.8 Å².